The van der Waals surface area contributed by atoms with Gasteiger partial charge >= 0.3 is 5.97 Å². The van der Waals surface area contributed by atoms with Crippen LogP contribution in [0.25, 0.3) is 5.69 Å². The van der Waals surface area contributed by atoms with Crippen LogP contribution in [0.2, 0.25) is 5.02 Å². The zero-order valence-electron chi connectivity index (χ0n) is 13.2. The maximum Gasteiger partial charge on any atom is 0.323 e. The van der Waals surface area contributed by atoms with Gasteiger partial charge in [-0.2, -0.15) is 5.10 Å². The third-order valence-corrected chi connectivity index (χ3v) is 3.58. The van der Waals surface area contributed by atoms with Crippen molar-refractivity contribution in [3.05, 3.63) is 46.7 Å². The minimum Gasteiger partial charge on any atom is -0.480 e. The van der Waals surface area contributed by atoms with Crippen LogP contribution in [-0.2, 0) is 4.79 Å². The SMILES string of the molecule is Cc1cc(C(=O)N(CC(=O)O)C(C)C)nn1-c1cccc(Cl)c1. The van der Waals surface area contributed by atoms with Crippen LogP contribution in [0, 0.1) is 6.92 Å². The van der Waals surface area contributed by atoms with E-state index in [4.69, 9.17) is 16.7 Å². The lowest BCUT2D eigenvalue weighted by molar-refractivity contribution is -0.138. The van der Waals surface area contributed by atoms with Gasteiger partial charge in [0.2, 0.25) is 0 Å². The van der Waals surface area contributed by atoms with Gasteiger partial charge in [0.15, 0.2) is 5.69 Å². The zero-order valence-corrected chi connectivity index (χ0v) is 13.9. The van der Waals surface area contributed by atoms with Crippen LogP contribution in [0.5, 0.6) is 0 Å². The number of halogens is 1. The second-order valence-corrected chi connectivity index (χ2v) is 5.92. The second kappa shape index (κ2) is 6.83. The van der Waals surface area contributed by atoms with Gasteiger partial charge in [-0.15, -0.1) is 0 Å². The second-order valence-electron chi connectivity index (χ2n) is 5.48. The molecule has 0 unspecified atom stereocenters. The zero-order chi connectivity index (χ0) is 17.1. The molecule has 0 aliphatic rings. The Labute approximate surface area is 139 Å². The number of aromatic nitrogens is 2. The summed E-state index contributed by atoms with van der Waals surface area (Å²) in [4.78, 5) is 24.8. The van der Waals surface area contributed by atoms with Gasteiger partial charge in [0.1, 0.15) is 6.54 Å². The highest BCUT2D eigenvalue weighted by Gasteiger charge is 2.24. The van der Waals surface area contributed by atoms with Gasteiger partial charge in [-0.1, -0.05) is 17.7 Å². The molecule has 0 aliphatic heterocycles. The first kappa shape index (κ1) is 17.0. The number of carbonyl (C=O) groups is 2. The number of hydrogen-bond acceptors (Lipinski definition) is 3. The average Bonchev–Trinajstić information content (AvgIpc) is 2.85. The molecule has 0 fully saturated rings. The number of hydrogen-bond donors (Lipinski definition) is 1. The molecule has 2 aromatic rings. The highest BCUT2D eigenvalue weighted by Crippen LogP contribution is 2.18. The normalized spacial score (nSPS) is 10.8. The first-order valence-corrected chi connectivity index (χ1v) is 7.52. The number of carbonyl (C=O) groups excluding carboxylic acids is 1. The Kier molecular flexibility index (Phi) is 5.05. The van der Waals surface area contributed by atoms with E-state index in [9.17, 15) is 9.59 Å². The molecule has 0 atom stereocenters. The molecule has 6 nitrogen and oxygen atoms in total. The van der Waals surface area contributed by atoms with E-state index in [0.717, 1.165) is 11.4 Å². The maximum absolute atomic E-state index is 12.5. The summed E-state index contributed by atoms with van der Waals surface area (Å²) in [6.45, 7) is 4.99. The minimum atomic E-state index is -1.06. The van der Waals surface area contributed by atoms with Crippen LogP contribution in [-0.4, -0.2) is 44.3 Å². The van der Waals surface area contributed by atoms with Crippen molar-refractivity contribution in [1.82, 2.24) is 14.7 Å². The number of carboxylic acid groups (broad SMARTS) is 1. The Morgan fingerprint density at radius 2 is 2.04 bits per heavy atom. The molecule has 122 valence electrons. The molecule has 0 saturated heterocycles. The average molecular weight is 336 g/mol. The van der Waals surface area contributed by atoms with E-state index in [1.54, 1.807) is 42.8 Å². The summed E-state index contributed by atoms with van der Waals surface area (Å²) < 4.78 is 1.61. The standard InChI is InChI=1S/C16H18ClN3O3/c1-10(2)19(9-15(21)22)16(23)14-7-11(3)20(18-14)13-6-4-5-12(17)8-13/h4-8,10H,9H2,1-3H3,(H,21,22). The van der Waals surface area contributed by atoms with Crippen molar-refractivity contribution < 1.29 is 14.7 Å². The summed E-state index contributed by atoms with van der Waals surface area (Å²) in [6, 6.07) is 8.52. The fourth-order valence-corrected chi connectivity index (χ4v) is 2.41. The van der Waals surface area contributed by atoms with Crippen molar-refractivity contribution in [2.75, 3.05) is 6.54 Å². The van der Waals surface area contributed by atoms with Crippen LogP contribution >= 0.6 is 11.6 Å². The van der Waals surface area contributed by atoms with E-state index in [1.165, 1.54) is 4.90 Å². The quantitative estimate of drug-likeness (QED) is 0.911. The fourth-order valence-electron chi connectivity index (χ4n) is 2.23. The minimum absolute atomic E-state index is 0.206. The number of aryl methyl sites for hydroxylation is 1. The predicted molar refractivity (Wildman–Crippen MR) is 87.1 cm³/mol. The van der Waals surface area contributed by atoms with Crippen molar-refractivity contribution in [2.45, 2.75) is 26.8 Å². The number of aliphatic carboxylic acids is 1. The number of amides is 1. The van der Waals surface area contributed by atoms with Crippen molar-refractivity contribution in [3.8, 4) is 5.69 Å². The van der Waals surface area contributed by atoms with Gasteiger partial charge < -0.3 is 10.0 Å². The summed E-state index contributed by atoms with van der Waals surface area (Å²) in [5.74, 6) is -1.47. The monoisotopic (exact) mass is 335 g/mol. The molecule has 0 saturated carbocycles. The van der Waals surface area contributed by atoms with Crippen LogP contribution < -0.4 is 0 Å². The van der Waals surface area contributed by atoms with Crippen molar-refractivity contribution >= 4 is 23.5 Å². The summed E-state index contributed by atoms with van der Waals surface area (Å²) in [5.41, 5.74) is 1.70. The van der Waals surface area contributed by atoms with Gasteiger partial charge in [-0.3, -0.25) is 9.59 Å². The Hall–Kier alpha value is -2.34. The molecular weight excluding hydrogens is 318 g/mol. The number of nitrogens with zero attached hydrogens (tertiary/aromatic N) is 3. The lowest BCUT2D eigenvalue weighted by atomic mass is 10.2. The Balaban J connectivity index is 2.36. The molecule has 1 amide bonds. The van der Waals surface area contributed by atoms with Crippen molar-refractivity contribution in [1.29, 1.82) is 0 Å². The molecular formula is C16H18ClN3O3. The maximum atomic E-state index is 12.5. The van der Waals surface area contributed by atoms with Crippen LogP contribution in [0.3, 0.4) is 0 Å². The van der Waals surface area contributed by atoms with Gasteiger partial charge in [0.25, 0.3) is 5.91 Å². The number of rotatable bonds is 5. The summed E-state index contributed by atoms with van der Waals surface area (Å²) in [5, 5.41) is 13.8. The topological polar surface area (TPSA) is 75.4 Å². The third kappa shape index (κ3) is 3.90. The molecule has 1 aromatic heterocycles. The molecule has 1 heterocycles. The number of benzene rings is 1. The van der Waals surface area contributed by atoms with Crippen LogP contribution in [0.4, 0.5) is 0 Å². The fraction of sp³-hybridized carbons (Fsp3) is 0.312. The van der Waals surface area contributed by atoms with E-state index in [2.05, 4.69) is 5.10 Å². The van der Waals surface area contributed by atoms with Crippen molar-refractivity contribution in [2.24, 2.45) is 0 Å². The summed E-state index contributed by atoms with van der Waals surface area (Å²) in [6.07, 6.45) is 0. The molecule has 0 bridgehead atoms. The Bertz CT molecular complexity index is 740. The first-order valence-electron chi connectivity index (χ1n) is 7.15. The van der Waals surface area contributed by atoms with Gasteiger partial charge in [-0.25, -0.2) is 4.68 Å². The van der Waals surface area contributed by atoms with Crippen LogP contribution in [0.15, 0.2) is 30.3 Å². The molecule has 0 radical (unpaired) electrons. The largest absolute Gasteiger partial charge is 0.480 e. The van der Waals surface area contributed by atoms with E-state index >= 15 is 0 Å². The summed E-state index contributed by atoms with van der Waals surface area (Å²) in [7, 11) is 0. The lowest BCUT2D eigenvalue weighted by Crippen LogP contribution is -2.40. The highest BCUT2D eigenvalue weighted by atomic mass is 35.5. The van der Waals surface area contributed by atoms with Gasteiger partial charge in [0, 0.05) is 16.8 Å². The van der Waals surface area contributed by atoms with Crippen molar-refractivity contribution in [3.63, 3.8) is 0 Å². The van der Waals surface area contributed by atoms with E-state index in [1.807, 2.05) is 13.0 Å². The summed E-state index contributed by atoms with van der Waals surface area (Å²) >= 11 is 5.98. The molecule has 0 spiro atoms. The molecule has 2 rings (SSSR count). The third-order valence-electron chi connectivity index (χ3n) is 3.35. The molecule has 0 aliphatic carbocycles. The molecule has 1 aromatic carbocycles. The van der Waals surface area contributed by atoms with E-state index in [0.29, 0.717) is 5.02 Å². The highest BCUT2D eigenvalue weighted by molar-refractivity contribution is 6.30. The van der Waals surface area contributed by atoms with Gasteiger partial charge in [-0.05, 0) is 45.0 Å². The van der Waals surface area contributed by atoms with Crippen LogP contribution in [0.1, 0.15) is 30.0 Å². The molecule has 23 heavy (non-hydrogen) atoms. The number of carboxylic acids is 1. The molecule has 7 heteroatoms. The molecule has 1 N–H and O–H groups in total. The predicted octanol–water partition coefficient (Wildman–Crippen LogP) is 2.77. The Morgan fingerprint density at radius 3 is 2.61 bits per heavy atom. The van der Waals surface area contributed by atoms with E-state index < -0.39 is 11.9 Å². The van der Waals surface area contributed by atoms with E-state index in [-0.39, 0.29) is 18.3 Å². The van der Waals surface area contributed by atoms with Gasteiger partial charge in [0.05, 0.1) is 5.69 Å². The lowest BCUT2D eigenvalue weighted by Gasteiger charge is -2.23. The smallest absolute Gasteiger partial charge is 0.323 e. The first-order chi connectivity index (χ1) is 10.8. The Morgan fingerprint density at radius 1 is 1.35 bits per heavy atom.